The number of carbonyl (C=O) groups excluding carboxylic acids is 1. The van der Waals surface area contributed by atoms with Gasteiger partial charge in [-0.25, -0.2) is 4.90 Å². The molecule has 2 unspecified atom stereocenters. The fourth-order valence-corrected chi connectivity index (χ4v) is 2.89. The lowest BCUT2D eigenvalue weighted by Gasteiger charge is -2.38. The standard InChI is InChI=1S/C11H15F3N4O3S/c1-3-4-8(19)21-7-5-17(2)6-18(7,20)10-16-15-9(22-10)11(12,13)14/h7H,3-6H2,1-2H3. The van der Waals surface area contributed by atoms with Gasteiger partial charge in [0.05, 0.1) is 6.54 Å². The van der Waals surface area contributed by atoms with Gasteiger partial charge in [-0.15, -0.1) is 5.10 Å². The molecule has 2 atom stereocenters. The Kier molecular flexibility index (Phi) is 4.70. The van der Waals surface area contributed by atoms with Crippen LogP contribution in [0.5, 0.6) is 0 Å². The molecule has 1 aliphatic rings. The summed E-state index contributed by atoms with van der Waals surface area (Å²) in [5.41, 5.74) is 0. The molecule has 1 aliphatic heterocycles. The summed E-state index contributed by atoms with van der Waals surface area (Å²) >= 11 is 0.177. The lowest BCUT2D eigenvalue weighted by Crippen LogP contribution is -2.50. The molecule has 2 heterocycles. The Bertz CT molecular complexity index is 553. The van der Waals surface area contributed by atoms with Crippen molar-refractivity contribution in [1.82, 2.24) is 19.7 Å². The summed E-state index contributed by atoms with van der Waals surface area (Å²) in [6.07, 6.45) is -5.10. The predicted molar refractivity (Wildman–Crippen MR) is 72.4 cm³/mol. The summed E-state index contributed by atoms with van der Waals surface area (Å²) in [6.45, 7) is 1.75. The number of hydroxylamine groups is 2. The monoisotopic (exact) mass is 340 g/mol. The zero-order chi connectivity index (χ0) is 16.5. The lowest BCUT2D eigenvalue weighted by molar-refractivity contribution is -0.153. The first-order chi connectivity index (χ1) is 10.2. The van der Waals surface area contributed by atoms with Gasteiger partial charge in [0.15, 0.2) is 0 Å². The van der Waals surface area contributed by atoms with E-state index in [9.17, 15) is 23.2 Å². The van der Waals surface area contributed by atoms with Crippen molar-refractivity contribution in [3.63, 3.8) is 0 Å². The highest BCUT2D eigenvalue weighted by molar-refractivity contribution is 7.15. The minimum absolute atomic E-state index is 0.125. The van der Waals surface area contributed by atoms with E-state index in [2.05, 4.69) is 10.2 Å². The van der Waals surface area contributed by atoms with E-state index in [0.29, 0.717) is 6.42 Å². The molecule has 2 rings (SSSR count). The van der Waals surface area contributed by atoms with Gasteiger partial charge in [-0.05, 0) is 24.8 Å². The van der Waals surface area contributed by atoms with E-state index in [1.807, 2.05) is 0 Å². The summed E-state index contributed by atoms with van der Waals surface area (Å²) in [4.78, 5) is 13.2. The van der Waals surface area contributed by atoms with Crippen LogP contribution in [0.3, 0.4) is 0 Å². The highest BCUT2D eigenvalue weighted by Gasteiger charge is 2.47. The van der Waals surface area contributed by atoms with Crippen molar-refractivity contribution in [2.24, 2.45) is 0 Å². The zero-order valence-corrected chi connectivity index (χ0v) is 12.8. The number of quaternary nitrogens is 1. The van der Waals surface area contributed by atoms with Crippen molar-refractivity contribution in [2.45, 2.75) is 32.2 Å². The van der Waals surface area contributed by atoms with Gasteiger partial charge < -0.3 is 9.94 Å². The van der Waals surface area contributed by atoms with Crippen molar-refractivity contribution >= 4 is 22.4 Å². The number of alkyl halides is 3. The molecule has 0 radical (unpaired) electrons. The average molecular weight is 340 g/mol. The minimum Gasteiger partial charge on any atom is -0.622 e. The number of carbonyl (C=O) groups is 1. The van der Waals surface area contributed by atoms with E-state index in [1.54, 1.807) is 18.9 Å². The lowest BCUT2D eigenvalue weighted by atomic mass is 10.3. The Morgan fingerprint density at radius 1 is 1.55 bits per heavy atom. The molecule has 0 spiro atoms. The highest BCUT2D eigenvalue weighted by Crippen LogP contribution is 2.39. The van der Waals surface area contributed by atoms with Crippen molar-refractivity contribution in [2.75, 3.05) is 20.3 Å². The summed E-state index contributed by atoms with van der Waals surface area (Å²) < 4.78 is 41.7. The third kappa shape index (κ3) is 3.37. The maximum atomic E-state index is 12.9. The smallest absolute Gasteiger partial charge is 0.445 e. The van der Waals surface area contributed by atoms with Crippen LogP contribution in [0, 0.1) is 5.21 Å². The number of hydrogen-bond acceptors (Lipinski definition) is 7. The topological polar surface area (TPSA) is 78.4 Å². The molecule has 124 valence electrons. The van der Waals surface area contributed by atoms with Crippen LogP contribution in [0.4, 0.5) is 18.3 Å². The Morgan fingerprint density at radius 2 is 2.23 bits per heavy atom. The van der Waals surface area contributed by atoms with E-state index in [0.717, 1.165) is 0 Å². The van der Waals surface area contributed by atoms with Gasteiger partial charge in [0, 0.05) is 6.42 Å². The summed E-state index contributed by atoms with van der Waals surface area (Å²) in [7, 11) is 1.62. The predicted octanol–water partition coefficient (Wildman–Crippen LogP) is 1.93. The van der Waals surface area contributed by atoms with Gasteiger partial charge in [0.1, 0.15) is 6.67 Å². The van der Waals surface area contributed by atoms with E-state index < -0.39 is 28.0 Å². The van der Waals surface area contributed by atoms with Crippen molar-refractivity contribution in [3.05, 3.63) is 10.2 Å². The second-order valence-electron chi connectivity index (χ2n) is 5.06. The molecule has 22 heavy (non-hydrogen) atoms. The minimum atomic E-state index is -4.66. The molecule has 7 nitrogen and oxygen atoms in total. The molecule has 1 aromatic heterocycles. The number of esters is 1. The second kappa shape index (κ2) is 6.07. The van der Waals surface area contributed by atoms with Gasteiger partial charge in [0.25, 0.3) is 6.23 Å². The molecule has 0 N–H and O–H groups in total. The fraction of sp³-hybridized carbons (Fsp3) is 0.727. The number of halogens is 3. The Morgan fingerprint density at radius 3 is 2.77 bits per heavy atom. The Labute approximate surface area is 128 Å². The van der Waals surface area contributed by atoms with Crippen LogP contribution in [0.1, 0.15) is 24.8 Å². The first kappa shape index (κ1) is 17.1. The Balaban J connectivity index is 2.25. The van der Waals surface area contributed by atoms with Gasteiger partial charge in [-0.2, -0.15) is 13.2 Å². The van der Waals surface area contributed by atoms with Crippen LogP contribution in [0.2, 0.25) is 0 Å². The zero-order valence-electron chi connectivity index (χ0n) is 12.0. The summed E-state index contributed by atoms with van der Waals surface area (Å²) in [5, 5.41) is 17.7. The van der Waals surface area contributed by atoms with Gasteiger partial charge in [0.2, 0.25) is 5.01 Å². The maximum Gasteiger partial charge on any atom is 0.445 e. The largest absolute Gasteiger partial charge is 0.622 e. The maximum absolute atomic E-state index is 12.9. The number of rotatable bonds is 4. The number of hydrogen-bond donors (Lipinski definition) is 0. The van der Waals surface area contributed by atoms with Crippen LogP contribution in [-0.2, 0) is 15.7 Å². The third-order valence-electron chi connectivity index (χ3n) is 3.09. The fourth-order valence-electron chi connectivity index (χ4n) is 2.11. The van der Waals surface area contributed by atoms with Crippen LogP contribution < -0.4 is 4.65 Å². The molecule has 11 heteroatoms. The first-order valence-corrected chi connectivity index (χ1v) is 7.36. The highest BCUT2D eigenvalue weighted by atomic mass is 32.1. The Hall–Kier alpha value is -1.30. The van der Waals surface area contributed by atoms with E-state index in [-0.39, 0.29) is 36.1 Å². The number of ether oxygens (including phenoxy) is 1. The van der Waals surface area contributed by atoms with Crippen LogP contribution in [0.15, 0.2) is 0 Å². The summed E-state index contributed by atoms with van der Waals surface area (Å²) in [5.74, 6) is -0.554. The second-order valence-corrected chi connectivity index (χ2v) is 6.01. The number of likely N-dealkylation sites (N-methyl/N-ethyl adjacent to an activating group) is 1. The van der Waals surface area contributed by atoms with Crippen LogP contribution in [0.25, 0.3) is 0 Å². The number of aromatic nitrogens is 2. The van der Waals surface area contributed by atoms with Gasteiger partial charge in [-0.3, -0.25) is 9.44 Å². The van der Waals surface area contributed by atoms with Crippen molar-refractivity contribution in [1.29, 1.82) is 0 Å². The molecular formula is C11H15F3N4O3S. The number of nitrogens with zero attached hydrogens (tertiary/aromatic N) is 4. The quantitative estimate of drug-likeness (QED) is 0.473. The van der Waals surface area contributed by atoms with Crippen LogP contribution >= 0.6 is 11.3 Å². The average Bonchev–Trinajstić information content (AvgIpc) is 2.96. The van der Waals surface area contributed by atoms with Crippen molar-refractivity contribution in [3.8, 4) is 0 Å². The molecule has 1 aromatic rings. The molecule has 0 amide bonds. The SMILES string of the molecule is CCCC(=O)OC1CN(C)C[N+]1([O-])c1nnc(C(F)(F)F)s1. The van der Waals surface area contributed by atoms with E-state index in [4.69, 9.17) is 4.74 Å². The molecule has 1 fully saturated rings. The van der Waals surface area contributed by atoms with Crippen LogP contribution in [-0.4, -0.2) is 47.6 Å². The van der Waals surface area contributed by atoms with E-state index >= 15 is 0 Å². The third-order valence-corrected chi connectivity index (χ3v) is 4.17. The van der Waals surface area contributed by atoms with E-state index in [1.165, 1.54) is 0 Å². The van der Waals surface area contributed by atoms with Crippen molar-refractivity contribution < 1.29 is 22.7 Å². The molecule has 0 aromatic carbocycles. The normalized spacial score (nSPS) is 26.4. The van der Waals surface area contributed by atoms with Gasteiger partial charge >= 0.3 is 17.3 Å². The molecule has 1 saturated heterocycles. The first-order valence-electron chi connectivity index (χ1n) is 6.55. The molecule has 0 saturated carbocycles. The van der Waals surface area contributed by atoms with Gasteiger partial charge in [-0.1, -0.05) is 12.0 Å². The summed E-state index contributed by atoms with van der Waals surface area (Å²) in [6, 6.07) is 0. The molecular weight excluding hydrogens is 325 g/mol. The molecule has 0 aliphatic carbocycles. The molecule has 0 bridgehead atoms.